The summed E-state index contributed by atoms with van der Waals surface area (Å²) < 4.78 is 11.0. The number of carbonyl (C=O) groups is 1. The van der Waals surface area contributed by atoms with Gasteiger partial charge < -0.3 is 14.5 Å². The van der Waals surface area contributed by atoms with Crippen molar-refractivity contribution in [2.75, 3.05) is 6.54 Å². The van der Waals surface area contributed by atoms with E-state index in [0.717, 1.165) is 12.8 Å². The summed E-state index contributed by atoms with van der Waals surface area (Å²) in [6.07, 6.45) is 1.97. The third-order valence-electron chi connectivity index (χ3n) is 2.99. The molecule has 1 N–H and O–H groups in total. The normalized spacial score (nSPS) is 10.5. The Labute approximate surface area is 139 Å². The predicted molar refractivity (Wildman–Crippen MR) is 86.7 cm³/mol. The van der Waals surface area contributed by atoms with Gasteiger partial charge in [-0.1, -0.05) is 42.6 Å². The van der Waals surface area contributed by atoms with E-state index in [1.807, 2.05) is 0 Å². The van der Waals surface area contributed by atoms with E-state index in [0.29, 0.717) is 28.1 Å². The number of halogens is 2. The first-order chi connectivity index (χ1) is 10.6. The molecule has 0 radical (unpaired) electrons. The van der Waals surface area contributed by atoms with Gasteiger partial charge in [-0.25, -0.2) is 0 Å². The molecule has 1 aromatic heterocycles. The summed E-state index contributed by atoms with van der Waals surface area (Å²) in [6, 6.07) is 8.48. The Balaban J connectivity index is 1.92. The first-order valence-electron chi connectivity index (χ1n) is 7.05. The van der Waals surface area contributed by atoms with Crippen LogP contribution in [0.1, 0.15) is 36.1 Å². The number of unbranched alkanes of at least 4 members (excludes halogenated alkanes) is 1. The molecular formula is C16H17Cl2NO3. The van der Waals surface area contributed by atoms with Gasteiger partial charge in [0, 0.05) is 6.54 Å². The first-order valence-corrected chi connectivity index (χ1v) is 7.81. The molecule has 0 bridgehead atoms. The van der Waals surface area contributed by atoms with Crippen LogP contribution in [0, 0.1) is 0 Å². The highest BCUT2D eigenvalue weighted by atomic mass is 35.5. The van der Waals surface area contributed by atoms with Crippen LogP contribution in [-0.4, -0.2) is 12.5 Å². The summed E-state index contributed by atoms with van der Waals surface area (Å²) in [4.78, 5) is 11.8. The van der Waals surface area contributed by atoms with Crippen LogP contribution >= 0.6 is 23.2 Å². The molecule has 0 spiro atoms. The molecule has 1 aromatic carbocycles. The molecule has 0 unspecified atom stereocenters. The zero-order valence-corrected chi connectivity index (χ0v) is 13.7. The van der Waals surface area contributed by atoms with Gasteiger partial charge >= 0.3 is 0 Å². The summed E-state index contributed by atoms with van der Waals surface area (Å²) in [6.45, 7) is 2.87. The second-order valence-electron chi connectivity index (χ2n) is 4.72. The zero-order valence-electron chi connectivity index (χ0n) is 12.2. The van der Waals surface area contributed by atoms with Crippen LogP contribution in [0.5, 0.6) is 5.75 Å². The summed E-state index contributed by atoms with van der Waals surface area (Å²) in [7, 11) is 0. The van der Waals surface area contributed by atoms with E-state index >= 15 is 0 Å². The van der Waals surface area contributed by atoms with Crippen molar-refractivity contribution in [3.05, 3.63) is 51.9 Å². The number of benzene rings is 1. The molecule has 0 aliphatic heterocycles. The van der Waals surface area contributed by atoms with Crippen molar-refractivity contribution in [3.63, 3.8) is 0 Å². The average molecular weight is 342 g/mol. The fourth-order valence-electron chi connectivity index (χ4n) is 1.79. The minimum Gasteiger partial charge on any atom is -0.484 e. The highest BCUT2D eigenvalue weighted by Gasteiger charge is 2.12. The highest BCUT2D eigenvalue weighted by Crippen LogP contribution is 2.32. The van der Waals surface area contributed by atoms with E-state index in [4.69, 9.17) is 32.4 Å². The van der Waals surface area contributed by atoms with Gasteiger partial charge in [0.05, 0.1) is 5.02 Å². The molecule has 0 fully saturated rings. The molecule has 2 aromatic rings. The molecule has 0 saturated carbocycles. The van der Waals surface area contributed by atoms with Gasteiger partial charge in [0.25, 0.3) is 5.91 Å². The van der Waals surface area contributed by atoms with Gasteiger partial charge in [0.1, 0.15) is 23.1 Å². The molecule has 4 nitrogen and oxygen atoms in total. The molecule has 0 aliphatic carbocycles. The summed E-state index contributed by atoms with van der Waals surface area (Å²) in [5.41, 5.74) is 0. The number of rotatable bonds is 7. The van der Waals surface area contributed by atoms with E-state index < -0.39 is 0 Å². The van der Waals surface area contributed by atoms with Crippen LogP contribution in [0.25, 0.3) is 0 Å². The Morgan fingerprint density at radius 3 is 2.86 bits per heavy atom. The van der Waals surface area contributed by atoms with Crippen LogP contribution in [0.3, 0.4) is 0 Å². The molecule has 118 valence electrons. The monoisotopic (exact) mass is 341 g/mol. The van der Waals surface area contributed by atoms with Crippen molar-refractivity contribution >= 4 is 29.1 Å². The fourth-order valence-corrected chi connectivity index (χ4v) is 2.13. The quantitative estimate of drug-likeness (QED) is 0.743. The SMILES string of the molecule is CCCCNC(=O)c1ccc(COc2cccc(Cl)c2Cl)o1. The lowest BCUT2D eigenvalue weighted by Crippen LogP contribution is -2.23. The number of furan rings is 1. The third kappa shape index (κ3) is 4.42. The summed E-state index contributed by atoms with van der Waals surface area (Å²) in [5, 5.41) is 3.57. The summed E-state index contributed by atoms with van der Waals surface area (Å²) >= 11 is 11.9. The van der Waals surface area contributed by atoms with Gasteiger partial charge in [0.15, 0.2) is 5.76 Å². The number of nitrogens with one attached hydrogen (secondary N) is 1. The van der Waals surface area contributed by atoms with Crippen LogP contribution < -0.4 is 10.1 Å². The lowest BCUT2D eigenvalue weighted by atomic mass is 10.3. The number of hydrogen-bond donors (Lipinski definition) is 1. The molecular weight excluding hydrogens is 325 g/mol. The first kappa shape index (κ1) is 16.7. The lowest BCUT2D eigenvalue weighted by Gasteiger charge is -2.07. The average Bonchev–Trinajstić information content (AvgIpc) is 2.98. The van der Waals surface area contributed by atoms with Crippen LogP contribution in [0.4, 0.5) is 0 Å². The van der Waals surface area contributed by atoms with E-state index in [1.165, 1.54) is 0 Å². The van der Waals surface area contributed by atoms with E-state index in [2.05, 4.69) is 12.2 Å². The highest BCUT2D eigenvalue weighted by molar-refractivity contribution is 6.42. The van der Waals surface area contributed by atoms with Crippen molar-refractivity contribution in [2.45, 2.75) is 26.4 Å². The molecule has 6 heteroatoms. The van der Waals surface area contributed by atoms with Gasteiger partial charge in [-0.3, -0.25) is 4.79 Å². The number of hydrogen-bond acceptors (Lipinski definition) is 3. The van der Waals surface area contributed by atoms with Gasteiger partial charge in [0.2, 0.25) is 0 Å². The second kappa shape index (κ2) is 8.11. The Morgan fingerprint density at radius 2 is 2.09 bits per heavy atom. The van der Waals surface area contributed by atoms with Crippen molar-refractivity contribution in [3.8, 4) is 5.75 Å². The van der Waals surface area contributed by atoms with Crippen LogP contribution in [0.15, 0.2) is 34.7 Å². The van der Waals surface area contributed by atoms with Crippen LogP contribution in [-0.2, 0) is 6.61 Å². The van der Waals surface area contributed by atoms with Gasteiger partial charge in [-0.2, -0.15) is 0 Å². The van der Waals surface area contributed by atoms with Crippen molar-refractivity contribution < 1.29 is 13.9 Å². The van der Waals surface area contributed by atoms with E-state index in [1.54, 1.807) is 30.3 Å². The molecule has 22 heavy (non-hydrogen) atoms. The molecule has 0 aliphatic rings. The maximum atomic E-state index is 11.8. The largest absolute Gasteiger partial charge is 0.484 e. The smallest absolute Gasteiger partial charge is 0.286 e. The standard InChI is InChI=1S/C16H17Cl2NO3/c1-2-3-9-19-16(20)14-8-7-11(22-14)10-21-13-6-4-5-12(17)15(13)18/h4-8H,2-3,9-10H2,1H3,(H,19,20). The Hall–Kier alpha value is -1.65. The molecule has 1 amide bonds. The number of ether oxygens (including phenoxy) is 1. The predicted octanol–water partition coefficient (Wildman–Crippen LogP) is 4.70. The molecule has 0 saturated heterocycles. The van der Waals surface area contributed by atoms with Gasteiger partial charge in [-0.05, 0) is 30.7 Å². The van der Waals surface area contributed by atoms with Gasteiger partial charge in [-0.15, -0.1) is 0 Å². The van der Waals surface area contributed by atoms with Crippen molar-refractivity contribution in [2.24, 2.45) is 0 Å². The number of amides is 1. The van der Waals surface area contributed by atoms with Crippen molar-refractivity contribution in [1.82, 2.24) is 5.32 Å². The Bertz CT molecular complexity index is 640. The minimum atomic E-state index is -0.222. The molecule has 2 rings (SSSR count). The molecule has 0 atom stereocenters. The Morgan fingerprint density at radius 1 is 1.27 bits per heavy atom. The maximum absolute atomic E-state index is 11.8. The maximum Gasteiger partial charge on any atom is 0.286 e. The molecule has 1 heterocycles. The zero-order chi connectivity index (χ0) is 15.9. The van der Waals surface area contributed by atoms with Crippen LogP contribution in [0.2, 0.25) is 10.0 Å². The summed E-state index contributed by atoms with van der Waals surface area (Å²) in [5.74, 6) is 1.06. The third-order valence-corrected chi connectivity index (χ3v) is 3.79. The van der Waals surface area contributed by atoms with E-state index in [9.17, 15) is 4.79 Å². The number of carbonyl (C=O) groups excluding carboxylic acids is 1. The second-order valence-corrected chi connectivity index (χ2v) is 5.50. The van der Waals surface area contributed by atoms with E-state index in [-0.39, 0.29) is 18.3 Å². The Kier molecular flexibility index (Phi) is 6.16. The minimum absolute atomic E-state index is 0.169. The topological polar surface area (TPSA) is 51.5 Å². The fraction of sp³-hybridized carbons (Fsp3) is 0.312. The lowest BCUT2D eigenvalue weighted by molar-refractivity contribution is 0.0921. The van der Waals surface area contributed by atoms with Crippen molar-refractivity contribution in [1.29, 1.82) is 0 Å².